The minimum atomic E-state index is -0.451. The van der Waals surface area contributed by atoms with E-state index in [2.05, 4.69) is 12.1 Å². The maximum Gasteiger partial charge on any atom is 0.331 e. The minimum Gasteiger partial charge on any atom is -0.493 e. The fraction of sp³-hybridized carbons (Fsp3) is 0.565. The van der Waals surface area contributed by atoms with Gasteiger partial charge in [0.15, 0.2) is 17.3 Å². The van der Waals surface area contributed by atoms with Crippen molar-refractivity contribution in [3.63, 3.8) is 0 Å². The van der Waals surface area contributed by atoms with Gasteiger partial charge in [-0.25, -0.2) is 4.79 Å². The molecule has 0 radical (unpaired) electrons. The van der Waals surface area contributed by atoms with E-state index in [9.17, 15) is 14.4 Å². The monoisotopic (exact) mass is 413 g/mol. The molecule has 1 aromatic rings. The van der Waals surface area contributed by atoms with E-state index in [1.807, 2.05) is 6.07 Å². The summed E-state index contributed by atoms with van der Waals surface area (Å²) in [6, 6.07) is 3.53. The van der Waals surface area contributed by atoms with E-state index in [1.165, 1.54) is 21.0 Å². The number of fused-ring (bicyclic) bond motifs is 5. The number of hydrogen-bond donors (Lipinski definition) is 0. The Labute approximate surface area is 175 Å². The average molecular weight is 413 g/mol. The molecule has 0 heterocycles. The van der Waals surface area contributed by atoms with Crippen molar-refractivity contribution in [2.75, 3.05) is 7.11 Å². The Bertz CT molecular complexity index is 951. The highest BCUT2D eigenvalue weighted by Crippen LogP contribution is 2.60. The molecule has 0 aromatic heterocycles. The van der Waals surface area contributed by atoms with Crippen molar-refractivity contribution in [2.24, 2.45) is 22.4 Å². The van der Waals surface area contributed by atoms with Crippen LogP contribution >= 0.6 is 0 Å². The maximum atomic E-state index is 13.1. The molecule has 2 fully saturated rings. The van der Waals surface area contributed by atoms with Crippen LogP contribution in [0.3, 0.4) is 0 Å². The third-order valence-corrected chi connectivity index (χ3v) is 7.17. The normalized spacial score (nSPS) is 30.9. The number of methoxy groups -OCH3 is 1. The molecule has 0 bridgehead atoms. The molecule has 7 nitrogen and oxygen atoms in total. The Morgan fingerprint density at radius 1 is 1.13 bits per heavy atom. The van der Waals surface area contributed by atoms with Crippen LogP contribution in [0.25, 0.3) is 0 Å². The number of oxime groups is 1. The van der Waals surface area contributed by atoms with Crippen molar-refractivity contribution in [1.82, 2.24) is 0 Å². The highest BCUT2D eigenvalue weighted by Gasteiger charge is 2.55. The van der Waals surface area contributed by atoms with Gasteiger partial charge in [-0.15, -0.1) is 0 Å². The van der Waals surface area contributed by atoms with E-state index < -0.39 is 11.9 Å². The number of carbonyl (C=O) groups excluding carboxylic acids is 3. The standard InChI is InChI=1S/C23H27NO6/c1-12(25)29-21-11-17-15(10-20(21)28-4)14-7-8-23(3)18(16(14)9-19(17)27)5-6-22(23)24-30-13(2)26/h10-11,14,16,18H,5-9H2,1-4H3/b24-22+/t14?,16?,18?,23-/m0/s1. The average Bonchev–Trinajstić information content (AvgIpc) is 3.02. The maximum absolute atomic E-state index is 13.1. The molecule has 1 aromatic carbocycles. The number of benzene rings is 1. The zero-order chi connectivity index (χ0) is 21.6. The lowest BCUT2D eigenvalue weighted by Gasteiger charge is -2.48. The Kier molecular flexibility index (Phi) is 5.16. The number of Topliss-reactive ketones (excluding diaryl/α,β-unsaturated/α-hetero) is 1. The largest absolute Gasteiger partial charge is 0.493 e. The summed E-state index contributed by atoms with van der Waals surface area (Å²) >= 11 is 0. The number of ether oxygens (including phenoxy) is 2. The number of rotatable bonds is 3. The van der Waals surface area contributed by atoms with Gasteiger partial charge in [-0.05, 0) is 61.1 Å². The molecular weight excluding hydrogens is 386 g/mol. The molecule has 3 aliphatic rings. The van der Waals surface area contributed by atoms with E-state index in [4.69, 9.17) is 14.3 Å². The van der Waals surface area contributed by atoms with Gasteiger partial charge in [0.1, 0.15) is 0 Å². The fourth-order valence-electron chi connectivity index (χ4n) is 5.86. The molecule has 7 heteroatoms. The first-order valence-corrected chi connectivity index (χ1v) is 10.4. The predicted octanol–water partition coefficient (Wildman–Crippen LogP) is 4.04. The van der Waals surface area contributed by atoms with Crippen LogP contribution in [0.15, 0.2) is 17.3 Å². The molecule has 0 saturated heterocycles. The van der Waals surface area contributed by atoms with Gasteiger partial charge < -0.3 is 14.3 Å². The van der Waals surface area contributed by atoms with Crippen molar-refractivity contribution < 1.29 is 28.7 Å². The Balaban J connectivity index is 1.69. The Morgan fingerprint density at radius 3 is 2.57 bits per heavy atom. The number of carbonyl (C=O) groups is 3. The van der Waals surface area contributed by atoms with Gasteiger partial charge in [0.05, 0.1) is 12.8 Å². The molecule has 160 valence electrons. The topological polar surface area (TPSA) is 91.3 Å². The summed E-state index contributed by atoms with van der Waals surface area (Å²) in [4.78, 5) is 40.7. The predicted molar refractivity (Wildman–Crippen MR) is 109 cm³/mol. The molecule has 0 N–H and O–H groups in total. The quantitative estimate of drug-likeness (QED) is 0.321. The number of nitrogens with zero attached hydrogens (tertiary/aromatic N) is 1. The van der Waals surface area contributed by atoms with Crippen molar-refractivity contribution in [2.45, 2.75) is 58.8 Å². The van der Waals surface area contributed by atoms with Gasteiger partial charge in [-0.2, -0.15) is 0 Å². The summed E-state index contributed by atoms with van der Waals surface area (Å²) < 4.78 is 10.7. The van der Waals surface area contributed by atoms with E-state index in [-0.39, 0.29) is 28.8 Å². The lowest BCUT2D eigenvalue weighted by atomic mass is 9.55. The highest BCUT2D eigenvalue weighted by molar-refractivity contribution is 6.00. The molecule has 2 saturated carbocycles. The molecular formula is C23H27NO6. The van der Waals surface area contributed by atoms with Gasteiger partial charge in [0.2, 0.25) is 0 Å². The van der Waals surface area contributed by atoms with Crippen LogP contribution in [0.2, 0.25) is 0 Å². The van der Waals surface area contributed by atoms with Crippen molar-refractivity contribution in [3.05, 3.63) is 23.3 Å². The fourth-order valence-corrected chi connectivity index (χ4v) is 5.86. The Hall–Kier alpha value is -2.70. The lowest BCUT2D eigenvalue weighted by molar-refractivity contribution is -0.141. The minimum absolute atomic E-state index is 0.0666. The smallest absolute Gasteiger partial charge is 0.331 e. The second-order valence-corrected chi connectivity index (χ2v) is 8.80. The van der Waals surface area contributed by atoms with Gasteiger partial charge in [0, 0.05) is 31.2 Å². The summed E-state index contributed by atoms with van der Waals surface area (Å²) in [5.41, 5.74) is 2.39. The first kappa shape index (κ1) is 20.6. The molecule has 4 rings (SSSR count). The SMILES string of the molecule is COc1cc2c(cc1OC(C)=O)C(=O)CC1C2CC[C@]2(C)/C(=N/OC(C)=O)CCC12. The third-order valence-electron chi connectivity index (χ3n) is 7.17. The van der Waals surface area contributed by atoms with Crippen molar-refractivity contribution in [1.29, 1.82) is 0 Å². The lowest BCUT2D eigenvalue weighted by Crippen LogP contribution is -2.43. The van der Waals surface area contributed by atoms with Crippen LogP contribution in [-0.2, 0) is 14.4 Å². The summed E-state index contributed by atoms with van der Waals surface area (Å²) in [7, 11) is 1.53. The molecule has 0 aliphatic heterocycles. The molecule has 30 heavy (non-hydrogen) atoms. The first-order chi connectivity index (χ1) is 14.2. The molecule has 3 unspecified atom stereocenters. The molecule has 4 atom stereocenters. The molecule has 3 aliphatic carbocycles. The number of ketones is 1. The van der Waals surface area contributed by atoms with Crippen LogP contribution in [0, 0.1) is 17.3 Å². The number of hydrogen-bond acceptors (Lipinski definition) is 7. The van der Waals surface area contributed by atoms with Gasteiger partial charge in [0.25, 0.3) is 0 Å². The summed E-state index contributed by atoms with van der Waals surface area (Å²) in [6.07, 6.45) is 4.01. The third kappa shape index (κ3) is 3.30. The zero-order valence-corrected chi connectivity index (χ0v) is 17.8. The van der Waals surface area contributed by atoms with Crippen LogP contribution < -0.4 is 9.47 Å². The Morgan fingerprint density at radius 2 is 1.90 bits per heavy atom. The highest BCUT2D eigenvalue weighted by atomic mass is 16.7. The van der Waals surface area contributed by atoms with E-state index in [0.717, 1.165) is 37.0 Å². The van der Waals surface area contributed by atoms with Gasteiger partial charge in [-0.3, -0.25) is 9.59 Å². The van der Waals surface area contributed by atoms with E-state index in [1.54, 1.807) is 6.07 Å². The second-order valence-electron chi connectivity index (χ2n) is 8.80. The number of esters is 1. The molecule has 0 amide bonds. The summed E-state index contributed by atoms with van der Waals surface area (Å²) in [5.74, 6) is 0.706. The molecule has 0 spiro atoms. The van der Waals surface area contributed by atoms with E-state index >= 15 is 0 Å². The van der Waals surface area contributed by atoms with Crippen LogP contribution in [0.4, 0.5) is 0 Å². The van der Waals surface area contributed by atoms with Crippen molar-refractivity contribution in [3.8, 4) is 11.5 Å². The first-order valence-electron chi connectivity index (χ1n) is 10.4. The van der Waals surface area contributed by atoms with E-state index in [0.29, 0.717) is 23.7 Å². The van der Waals surface area contributed by atoms with Gasteiger partial charge >= 0.3 is 11.9 Å². The summed E-state index contributed by atoms with van der Waals surface area (Å²) in [5, 5.41) is 4.16. The van der Waals surface area contributed by atoms with Crippen molar-refractivity contribution >= 4 is 23.4 Å². The van der Waals surface area contributed by atoms with Gasteiger partial charge in [-0.1, -0.05) is 12.1 Å². The second kappa shape index (κ2) is 7.52. The van der Waals surface area contributed by atoms with Crippen LogP contribution in [0.5, 0.6) is 11.5 Å². The van der Waals surface area contributed by atoms with Crippen LogP contribution in [0.1, 0.15) is 74.7 Å². The summed E-state index contributed by atoms with van der Waals surface area (Å²) in [6.45, 7) is 4.87. The van der Waals surface area contributed by atoms with Crippen LogP contribution in [-0.4, -0.2) is 30.5 Å². The zero-order valence-electron chi connectivity index (χ0n) is 17.8.